The number of ketones is 1. The van der Waals surface area contributed by atoms with Gasteiger partial charge in [-0.3, -0.25) is 9.59 Å². The molecule has 2 aliphatic rings. The average Bonchev–Trinajstić information content (AvgIpc) is 3.33. The highest BCUT2D eigenvalue weighted by molar-refractivity contribution is 7.89. The van der Waals surface area contributed by atoms with E-state index >= 15 is 0 Å². The van der Waals surface area contributed by atoms with Crippen LogP contribution in [0.5, 0.6) is 0 Å². The van der Waals surface area contributed by atoms with Gasteiger partial charge in [0, 0.05) is 55.3 Å². The van der Waals surface area contributed by atoms with Gasteiger partial charge in [-0.2, -0.15) is 4.31 Å². The molecule has 2 aliphatic heterocycles. The van der Waals surface area contributed by atoms with Gasteiger partial charge in [0.2, 0.25) is 10.0 Å². The number of sulfonamides is 1. The number of fused-ring (bicyclic) bond motifs is 1. The van der Waals surface area contributed by atoms with Crippen molar-refractivity contribution in [3.63, 3.8) is 0 Å². The first-order valence-corrected chi connectivity index (χ1v) is 11.9. The van der Waals surface area contributed by atoms with E-state index in [2.05, 4.69) is 13.8 Å². The molecule has 1 fully saturated rings. The standard InChI is InChI=1S/C23H27N3O4S/c1-23(2)19-8-4-5-9-20(19)24(3)21(23)14-17(27)15-25-16-18(10-11-22(25)28)31(29,30)26-12-6-7-13-26/h4-5,8-11,14,16H,6-7,12-13,15H2,1-3H3. The van der Waals surface area contributed by atoms with Crippen molar-refractivity contribution < 1.29 is 13.2 Å². The first kappa shape index (κ1) is 21.5. The fourth-order valence-corrected chi connectivity index (χ4v) is 6.03. The zero-order chi connectivity index (χ0) is 22.4. The van der Waals surface area contributed by atoms with Crippen LogP contribution in [0.15, 0.2) is 64.1 Å². The van der Waals surface area contributed by atoms with Crippen molar-refractivity contribution in [2.45, 2.75) is 43.5 Å². The highest BCUT2D eigenvalue weighted by atomic mass is 32.2. The number of hydrogen-bond donors (Lipinski definition) is 0. The number of benzene rings is 1. The highest BCUT2D eigenvalue weighted by Crippen LogP contribution is 2.46. The second-order valence-electron chi connectivity index (χ2n) is 8.64. The molecule has 0 bridgehead atoms. The number of para-hydroxylation sites is 1. The first-order chi connectivity index (χ1) is 14.6. The molecule has 1 aromatic heterocycles. The van der Waals surface area contributed by atoms with Gasteiger partial charge >= 0.3 is 0 Å². The van der Waals surface area contributed by atoms with Gasteiger partial charge in [-0.15, -0.1) is 0 Å². The lowest BCUT2D eigenvalue weighted by atomic mass is 9.83. The minimum atomic E-state index is -3.66. The lowest BCUT2D eigenvalue weighted by molar-refractivity contribution is -0.115. The van der Waals surface area contributed by atoms with Gasteiger partial charge in [0.1, 0.15) is 0 Å². The van der Waals surface area contributed by atoms with Crippen molar-refractivity contribution in [2.75, 3.05) is 25.0 Å². The number of anilines is 1. The number of likely N-dealkylation sites (N-methyl/N-ethyl adjacent to an activating group) is 1. The van der Waals surface area contributed by atoms with Crippen LogP contribution in [0.2, 0.25) is 0 Å². The van der Waals surface area contributed by atoms with E-state index in [-0.39, 0.29) is 22.6 Å². The molecule has 0 N–H and O–H groups in total. The van der Waals surface area contributed by atoms with Crippen LogP contribution in [0.3, 0.4) is 0 Å². The molecule has 0 aliphatic carbocycles. The van der Waals surface area contributed by atoms with Crippen LogP contribution in [0.4, 0.5) is 5.69 Å². The maximum atomic E-state index is 12.9. The van der Waals surface area contributed by atoms with Crippen molar-refractivity contribution in [2.24, 2.45) is 0 Å². The molecule has 1 saturated heterocycles. The van der Waals surface area contributed by atoms with Crippen LogP contribution in [0.1, 0.15) is 32.3 Å². The fraction of sp³-hybridized carbons (Fsp3) is 0.391. The lowest BCUT2D eigenvalue weighted by Gasteiger charge is -2.24. The normalized spacial score (nSPS) is 19.7. The van der Waals surface area contributed by atoms with Gasteiger partial charge in [0.15, 0.2) is 5.78 Å². The maximum absolute atomic E-state index is 12.9. The van der Waals surface area contributed by atoms with E-state index in [1.807, 2.05) is 36.2 Å². The Balaban J connectivity index is 1.62. The molecule has 0 radical (unpaired) electrons. The van der Waals surface area contributed by atoms with E-state index in [1.165, 1.54) is 27.2 Å². The van der Waals surface area contributed by atoms with Crippen molar-refractivity contribution in [1.29, 1.82) is 0 Å². The summed E-state index contributed by atoms with van der Waals surface area (Å²) in [7, 11) is -1.74. The Morgan fingerprint density at radius 2 is 1.77 bits per heavy atom. The molecule has 0 spiro atoms. The van der Waals surface area contributed by atoms with Crippen LogP contribution >= 0.6 is 0 Å². The lowest BCUT2D eigenvalue weighted by Crippen LogP contribution is -2.30. The molecule has 0 unspecified atom stereocenters. The van der Waals surface area contributed by atoms with E-state index in [9.17, 15) is 18.0 Å². The summed E-state index contributed by atoms with van der Waals surface area (Å²) in [6.45, 7) is 4.86. The summed E-state index contributed by atoms with van der Waals surface area (Å²) >= 11 is 0. The Bertz CT molecular complexity index is 1220. The summed E-state index contributed by atoms with van der Waals surface area (Å²) in [6, 6.07) is 10.5. The predicted molar refractivity (Wildman–Crippen MR) is 120 cm³/mol. The fourth-order valence-electron chi connectivity index (χ4n) is 4.49. The molecule has 0 saturated carbocycles. The molecule has 3 heterocycles. The van der Waals surface area contributed by atoms with Crippen molar-refractivity contribution in [3.05, 3.63) is 70.3 Å². The average molecular weight is 442 g/mol. The topological polar surface area (TPSA) is 79.7 Å². The summed E-state index contributed by atoms with van der Waals surface area (Å²) < 4.78 is 28.2. The van der Waals surface area contributed by atoms with Gasteiger partial charge in [-0.05, 0) is 30.5 Å². The van der Waals surface area contributed by atoms with Crippen LogP contribution in [-0.2, 0) is 26.8 Å². The smallest absolute Gasteiger partial charge is 0.251 e. The number of carbonyl (C=O) groups is 1. The zero-order valence-corrected chi connectivity index (χ0v) is 18.9. The summed E-state index contributed by atoms with van der Waals surface area (Å²) in [6.07, 6.45) is 4.51. The van der Waals surface area contributed by atoms with E-state index in [0.29, 0.717) is 13.1 Å². The van der Waals surface area contributed by atoms with Gasteiger partial charge in [-0.25, -0.2) is 8.42 Å². The summed E-state index contributed by atoms with van der Waals surface area (Å²) in [4.78, 5) is 27.3. The quantitative estimate of drug-likeness (QED) is 0.666. The molecule has 164 valence electrons. The van der Waals surface area contributed by atoms with Crippen molar-refractivity contribution >= 4 is 21.5 Å². The molecule has 0 amide bonds. The van der Waals surface area contributed by atoms with E-state index < -0.39 is 15.6 Å². The molecule has 2 aromatic rings. The Labute approximate surface area is 182 Å². The minimum Gasteiger partial charge on any atom is -0.347 e. The van der Waals surface area contributed by atoms with Crippen LogP contribution in [-0.4, -0.2) is 43.2 Å². The summed E-state index contributed by atoms with van der Waals surface area (Å²) in [5, 5.41) is 0. The number of rotatable bonds is 5. The van der Waals surface area contributed by atoms with Crippen molar-refractivity contribution in [1.82, 2.24) is 8.87 Å². The molecular formula is C23H27N3O4S. The summed E-state index contributed by atoms with van der Waals surface area (Å²) in [5.41, 5.74) is 2.25. The Hall–Kier alpha value is -2.71. The van der Waals surface area contributed by atoms with Crippen LogP contribution in [0, 0.1) is 0 Å². The monoisotopic (exact) mass is 441 g/mol. The number of pyridine rings is 1. The highest BCUT2D eigenvalue weighted by Gasteiger charge is 2.38. The number of allylic oxidation sites excluding steroid dienone is 2. The summed E-state index contributed by atoms with van der Waals surface area (Å²) in [5.74, 6) is -0.263. The van der Waals surface area contributed by atoms with E-state index in [4.69, 9.17) is 0 Å². The largest absolute Gasteiger partial charge is 0.347 e. The van der Waals surface area contributed by atoms with Gasteiger partial charge in [0.05, 0.1) is 11.4 Å². The minimum absolute atomic E-state index is 0.0418. The Morgan fingerprint density at radius 3 is 2.45 bits per heavy atom. The molecule has 0 atom stereocenters. The van der Waals surface area contributed by atoms with Gasteiger partial charge in [0.25, 0.3) is 5.56 Å². The Kier molecular flexibility index (Phi) is 5.39. The third kappa shape index (κ3) is 3.74. The second-order valence-corrected chi connectivity index (χ2v) is 10.6. The predicted octanol–water partition coefficient (Wildman–Crippen LogP) is 2.51. The second kappa shape index (κ2) is 7.76. The number of carbonyl (C=O) groups excluding carboxylic acids is 1. The Morgan fingerprint density at radius 1 is 1.10 bits per heavy atom. The maximum Gasteiger partial charge on any atom is 0.251 e. The molecule has 31 heavy (non-hydrogen) atoms. The molecule has 8 heteroatoms. The number of nitrogens with zero attached hydrogens (tertiary/aromatic N) is 3. The zero-order valence-electron chi connectivity index (χ0n) is 18.0. The number of aromatic nitrogens is 1. The van der Waals surface area contributed by atoms with E-state index in [1.54, 1.807) is 6.08 Å². The van der Waals surface area contributed by atoms with E-state index in [0.717, 1.165) is 29.8 Å². The molecule has 1 aromatic carbocycles. The van der Waals surface area contributed by atoms with Gasteiger partial charge in [-0.1, -0.05) is 32.0 Å². The molecule has 4 rings (SSSR count). The number of hydrogen-bond acceptors (Lipinski definition) is 5. The third-order valence-corrected chi connectivity index (χ3v) is 8.11. The van der Waals surface area contributed by atoms with Crippen LogP contribution in [0.25, 0.3) is 0 Å². The van der Waals surface area contributed by atoms with Crippen LogP contribution < -0.4 is 10.5 Å². The molecule has 7 nitrogen and oxygen atoms in total. The third-order valence-electron chi connectivity index (χ3n) is 6.22. The first-order valence-electron chi connectivity index (χ1n) is 10.4. The molecular weight excluding hydrogens is 414 g/mol. The SMILES string of the molecule is CN1C(=CC(=O)Cn2cc(S(=O)(=O)N3CCCC3)ccc2=O)C(C)(C)c2ccccc21. The van der Waals surface area contributed by atoms with Crippen molar-refractivity contribution in [3.8, 4) is 0 Å². The van der Waals surface area contributed by atoms with Gasteiger partial charge < -0.3 is 9.47 Å².